The van der Waals surface area contributed by atoms with Gasteiger partial charge < -0.3 is 0 Å². The summed E-state index contributed by atoms with van der Waals surface area (Å²) in [7, 11) is 25.4. The Balaban J connectivity index is 3.73. The van der Waals surface area contributed by atoms with Crippen molar-refractivity contribution < 1.29 is 16.8 Å². The molecule has 0 aliphatic heterocycles. The van der Waals surface area contributed by atoms with Gasteiger partial charge in [0, 0.05) is 0 Å². The number of hydrogen-bond acceptors (Lipinski definition) is 0. The standard InChI is InChI=1S/5ClH.Pa/h5*1H;/q;;;;;+5/p-5. The predicted octanol–water partition coefficient (Wildman–Crippen LogP) is 3.45. The summed E-state index contributed by atoms with van der Waals surface area (Å²) in [5.41, 5.74) is 0. The van der Waals surface area contributed by atoms with Crippen molar-refractivity contribution in [1.29, 1.82) is 0 Å². The van der Waals surface area contributed by atoms with Crippen LogP contribution in [0.15, 0.2) is 0 Å². The molecule has 0 saturated heterocycles. The van der Waals surface area contributed by atoms with Crippen LogP contribution in [0.1, 0.15) is 0 Å². The summed E-state index contributed by atoms with van der Waals surface area (Å²) in [6.45, 7) is 0. The van der Waals surface area contributed by atoms with Crippen molar-refractivity contribution in [2.24, 2.45) is 0 Å². The Hall–Kier alpha value is 2.54. The molecule has 0 spiro atoms. The molecule has 0 bridgehead atoms. The molecule has 6 heavy (non-hydrogen) atoms. The molecule has 0 rings (SSSR count). The van der Waals surface area contributed by atoms with E-state index in [1.165, 1.54) is 0 Å². The molecule has 0 amide bonds. The quantitative estimate of drug-likeness (QED) is 0.576. The van der Waals surface area contributed by atoms with Gasteiger partial charge in [-0.2, -0.15) is 0 Å². The first-order valence-electron chi connectivity index (χ1n) is 1.09. The van der Waals surface area contributed by atoms with E-state index in [1.807, 2.05) is 0 Å². The number of rotatable bonds is 0. The second kappa shape index (κ2) is 2.05. The molecule has 38 valence electrons. The van der Waals surface area contributed by atoms with Crippen LogP contribution in [0.5, 0.6) is 0 Å². The van der Waals surface area contributed by atoms with Gasteiger partial charge in [0.2, 0.25) is 0 Å². The zero-order chi connectivity index (χ0) is 5.45. The third-order valence-electron chi connectivity index (χ3n) is 0. The molecule has 0 aliphatic carbocycles. The maximum atomic E-state index is 5.08. The monoisotopic (exact) mass is 406 g/mol. The Morgan fingerprint density at radius 1 is 0.667 bits per heavy atom. The van der Waals surface area contributed by atoms with E-state index in [9.17, 15) is 0 Å². The average Bonchev–Trinajstić information content (AvgIpc) is 0.650. The zero-order valence-electron chi connectivity index (χ0n) is 2.47. The molecule has 0 N–H and O–H groups in total. The van der Waals surface area contributed by atoms with Crippen LogP contribution in [-0.4, -0.2) is 0 Å². The molecule has 0 aromatic carbocycles. The first-order chi connectivity index (χ1) is 2.24. The SMILES string of the molecule is [Cl][Pa]([Cl])([Cl])([Cl])[Cl]. The molecule has 0 aromatic rings. The second-order valence-electron chi connectivity index (χ2n) is 0.825. The zero-order valence-corrected chi connectivity index (χ0v) is 11.1. The van der Waals surface area contributed by atoms with Crippen LogP contribution < -0.4 is 0 Å². The minimum absolute atomic E-state index is 4.58. The van der Waals surface area contributed by atoms with E-state index < -0.39 is 16.8 Å². The summed E-state index contributed by atoms with van der Waals surface area (Å²) in [5.74, 6) is 0. The summed E-state index contributed by atoms with van der Waals surface area (Å²) >= 11 is -4.58. The Kier molecular flexibility index (Phi) is 2.92. The average molecular weight is 408 g/mol. The van der Waals surface area contributed by atoms with Crippen LogP contribution in [0.25, 0.3) is 0 Å². The normalized spacial score (nSPS) is 19.2. The van der Waals surface area contributed by atoms with Gasteiger partial charge in [-0.25, -0.2) is 0 Å². The molecule has 0 aliphatic rings. The van der Waals surface area contributed by atoms with Gasteiger partial charge in [-0.05, 0) is 0 Å². The Bertz CT molecular complexity index is 37.1. The topological polar surface area (TPSA) is 0 Å². The van der Waals surface area contributed by atoms with Crippen molar-refractivity contribution in [3.05, 3.63) is 0 Å². The van der Waals surface area contributed by atoms with Gasteiger partial charge in [0.1, 0.15) is 0 Å². The van der Waals surface area contributed by atoms with Gasteiger partial charge in [0.05, 0.1) is 0 Å². The molecule has 0 heterocycles. The van der Waals surface area contributed by atoms with Crippen LogP contribution in [0, 0.1) is 16.8 Å². The van der Waals surface area contributed by atoms with E-state index in [2.05, 4.69) is 0 Å². The van der Waals surface area contributed by atoms with Gasteiger partial charge in [-0.1, -0.05) is 0 Å². The Labute approximate surface area is 52.6 Å². The summed E-state index contributed by atoms with van der Waals surface area (Å²) in [6, 6.07) is 0. The van der Waals surface area contributed by atoms with Crippen LogP contribution in [0.3, 0.4) is 0 Å². The molecule has 0 unspecified atom stereocenters. The van der Waals surface area contributed by atoms with E-state index >= 15 is 0 Å². The first-order valence-corrected chi connectivity index (χ1v) is 30.5. The van der Waals surface area contributed by atoms with E-state index in [-0.39, 0.29) is 0 Å². The van der Waals surface area contributed by atoms with E-state index in [1.54, 1.807) is 0 Å². The molecular formula is Cl5Pa. The molecular weight excluding hydrogens is 408 g/mol. The molecule has 0 nitrogen and oxygen atoms in total. The Morgan fingerprint density at radius 3 is 0.667 bits per heavy atom. The van der Waals surface area contributed by atoms with Gasteiger partial charge in [0.25, 0.3) is 0 Å². The molecule has 0 fully saturated rings. The van der Waals surface area contributed by atoms with E-state index in [0.29, 0.717) is 0 Å². The Morgan fingerprint density at radius 2 is 0.667 bits per heavy atom. The molecule has 0 radical (unpaired) electrons. The molecule has 0 aromatic heterocycles. The third-order valence-corrected chi connectivity index (χ3v) is 0. The fraction of sp³-hybridized carbons (Fsp3) is 0. The van der Waals surface area contributed by atoms with Crippen LogP contribution in [-0.2, 0) is 0 Å². The van der Waals surface area contributed by atoms with Crippen molar-refractivity contribution in [3.63, 3.8) is 0 Å². The van der Waals surface area contributed by atoms with Crippen LogP contribution >= 0.6 is 37.0 Å². The number of halogens is 5. The third kappa shape index (κ3) is 31.1. The van der Waals surface area contributed by atoms with Crippen molar-refractivity contribution in [3.8, 4) is 0 Å². The van der Waals surface area contributed by atoms with Crippen molar-refractivity contribution in [1.82, 2.24) is 0 Å². The van der Waals surface area contributed by atoms with Crippen molar-refractivity contribution in [2.45, 2.75) is 0 Å². The van der Waals surface area contributed by atoms with Crippen LogP contribution in [0.2, 0.25) is 0 Å². The first kappa shape index (κ1) is 8.54. The van der Waals surface area contributed by atoms with Gasteiger partial charge >= 0.3 is 53.8 Å². The summed E-state index contributed by atoms with van der Waals surface area (Å²) in [6.07, 6.45) is 0. The molecule has 0 saturated carbocycles. The molecule has 0 atom stereocenters. The minimum atomic E-state index is -4.58. The van der Waals surface area contributed by atoms with E-state index in [4.69, 9.17) is 37.0 Å². The van der Waals surface area contributed by atoms with E-state index in [0.717, 1.165) is 0 Å². The fourth-order valence-corrected chi connectivity index (χ4v) is 0. The van der Waals surface area contributed by atoms with Gasteiger partial charge in [-0.3, -0.25) is 0 Å². The summed E-state index contributed by atoms with van der Waals surface area (Å²) < 4.78 is 0. The predicted molar refractivity (Wildman–Crippen MR) is 29.3 cm³/mol. The van der Waals surface area contributed by atoms with Gasteiger partial charge in [-0.15, -0.1) is 0 Å². The van der Waals surface area contributed by atoms with Gasteiger partial charge in [0.15, 0.2) is 0 Å². The van der Waals surface area contributed by atoms with Crippen LogP contribution in [0.4, 0.5) is 0 Å². The summed E-state index contributed by atoms with van der Waals surface area (Å²) in [5, 5.41) is 0. The maximum absolute atomic E-state index is 5.08. The van der Waals surface area contributed by atoms with Crippen molar-refractivity contribution in [2.75, 3.05) is 0 Å². The number of hydrogen-bond donors (Lipinski definition) is 0. The fourth-order valence-electron chi connectivity index (χ4n) is 0. The van der Waals surface area contributed by atoms with Crippen molar-refractivity contribution >= 4 is 37.0 Å². The molecule has 6 heteroatoms. The summed E-state index contributed by atoms with van der Waals surface area (Å²) in [4.78, 5) is 0. The second-order valence-corrected chi connectivity index (χ2v) is 69.2.